The number of amides is 1. The van der Waals surface area contributed by atoms with Gasteiger partial charge in [0.05, 0.1) is 18.1 Å². The molecule has 1 N–H and O–H groups in total. The molecule has 0 spiro atoms. The van der Waals surface area contributed by atoms with Gasteiger partial charge in [-0.3, -0.25) is 4.79 Å². The van der Waals surface area contributed by atoms with E-state index in [1.807, 2.05) is 6.07 Å². The standard InChI is InChI=1S/C12H13ClN2O2/c1-8(5-6-14)15(2)12(17)10-4-3-9(13)7-11(10)16/h3-4,7-8,16H,5H2,1-2H3. The van der Waals surface area contributed by atoms with Crippen LogP contribution in [0.1, 0.15) is 23.7 Å². The van der Waals surface area contributed by atoms with E-state index in [1.165, 1.54) is 23.1 Å². The number of aromatic hydroxyl groups is 1. The van der Waals surface area contributed by atoms with E-state index < -0.39 is 0 Å². The molecule has 0 heterocycles. The van der Waals surface area contributed by atoms with Crippen LogP contribution in [-0.2, 0) is 0 Å². The highest BCUT2D eigenvalue weighted by atomic mass is 35.5. The highest BCUT2D eigenvalue weighted by Gasteiger charge is 2.19. The molecule has 1 atom stereocenters. The Bertz CT molecular complexity index is 468. The minimum absolute atomic E-state index is 0.154. The summed E-state index contributed by atoms with van der Waals surface area (Å²) in [6.07, 6.45) is 0.247. The number of carbonyl (C=O) groups is 1. The number of phenolic OH excluding ortho intramolecular Hbond substituents is 1. The molecule has 0 fully saturated rings. The Labute approximate surface area is 105 Å². The van der Waals surface area contributed by atoms with Crippen LogP contribution in [-0.4, -0.2) is 29.0 Å². The second kappa shape index (κ2) is 5.55. The fourth-order valence-electron chi connectivity index (χ4n) is 1.34. The molecule has 0 aliphatic carbocycles. The summed E-state index contributed by atoms with van der Waals surface area (Å²) in [6.45, 7) is 1.77. The van der Waals surface area contributed by atoms with Crippen LogP contribution in [0.3, 0.4) is 0 Å². The Balaban J connectivity index is 2.93. The quantitative estimate of drug-likeness (QED) is 0.899. The van der Waals surface area contributed by atoms with Crippen molar-refractivity contribution in [3.63, 3.8) is 0 Å². The van der Waals surface area contributed by atoms with Crippen molar-refractivity contribution >= 4 is 17.5 Å². The van der Waals surface area contributed by atoms with Gasteiger partial charge in [-0.25, -0.2) is 0 Å². The summed E-state index contributed by atoms with van der Waals surface area (Å²) in [5, 5.41) is 18.6. The Morgan fingerprint density at radius 1 is 1.65 bits per heavy atom. The number of benzene rings is 1. The minimum atomic E-state index is -0.332. The van der Waals surface area contributed by atoms with E-state index >= 15 is 0 Å². The van der Waals surface area contributed by atoms with Gasteiger partial charge < -0.3 is 10.0 Å². The molecule has 1 aromatic carbocycles. The highest BCUT2D eigenvalue weighted by molar-refractivity contribution is 6.30. The number of carbonyl (C=O) groups excluding carboxylic acids is 1. The van der Waals surface area contributed by atoms with Gasteiger partial charge in [-0.05, 0) is 25.1 Å². The van der Waals surface area contributed by atoms with Crippen molar-refractivity contribution in [3.05, 3.63) is 28.8 Å². The van der Waals surface area contributed by atoms with Gasteiger partial charge in [0, 0.05) is 18.1 Å². The average Bonchev–Trinajstić information content (AvgIpc) is 2.27. The summed E-state index contributed by atoms with van der Waals surface area (Å²) in [6, 6.07) is 6.12. The lowest BCUT2D eigenvalue weighted by Gasteiger charge is -2.23. The molecular formula is C12H13ClN2O2. The van der Waals surface area contributed by atoms with E-state index in [0.29, 0.717) is 5.02 Å². The molecule has 0 radical (unpaired) electrons. The molecule has 1 rings (SSSR count). The summed E-state index contributed by atoms with van der Waals surface area (Å²) in [4.78, 5) is 13.4. The largest absolute Gasteiger partial charge is 0.507 e. The van der Waals surface area contributed by atoms with Gasteiger partial charge in [-0.1, -0.05) is 11.6 Å². The Morgan fingerprint density at radius 2 is 2.29 bits per heavy atom. The molecule has 0 aliphatic heterocycles. The predicted octanol–water partition coefficient (Wildman–Crippen LogP) is 2.42. The monoisotopic (exact) mass is 252 g/mol. The van der Waals surface area contributed by atoms with Crippen molar-refractivity contribution < 1.29 is 9.90 Å². The number of phenols is 1. The van der Waals surface area contributed by atoms with Crippen LogP contribution in [0.25, 0.3) is 0 Å². The van der Waals surface area contributed by atoms with Crippen molar-refractivity contribution in [1.29, 1.82) is 5.26 Å². The van der Waals surface area contributed by atoms with Crippen LogP contribution in [0.4, 0.5) is 0 Å². The lowest BCUT2D eigenvalue weighted by atomic mass is 10.1. The van der Waals surface area contributed by atoms with E-state index in [2.05, 4.69) is 0 Å². The molecule has 17 heavy (non-hydrogen) atoms. The van der Waals surface area contributed by atoms with Crippen LogP contribution in [0, 0.1) is 11.3 Å². The van der Waals surface area contributed by atoms with Crippen molar-refractivity contribution in [2.75, 3.05) is 7.05 Å². The van der Waals surface area contributed by atoms with Crippen molar-refractivity contribution in [2.45, 2.75) is 19.4 Å². The normalized spacial score (nSPS) is 11.6. The number of nitriles is 1. The fraction of sp³-hybridized carbons (Fsp3) is 0.333. The van der Waals surface area contributed by atoms with E-state index in [4.69, 9.17) is 16.9 Å². The van der Waals surface area contributed by atoms with E-state index in [1.54, 1.807) is 14.0 Å². The maximum Gasteiger partial charge on any atom is 0.257 e. The summed E-state index contributed by atoms with van der Waals surface area (Å²) in [5.74, 6) is -0.486. The third-order valence-electron chi connectivity index (χ3n) is 2.56. The zero-order chi connectivity index (χ0) is 13.0. The second-order valence-electron chi connectivity index (χ2n) is 3.79. The van der Waals surface area contributed by atoms with Gasteiger partial charge in [0.2, 0.25) is 0 Å². The molecule has 1 unspecified atom stereocenters. The topological polar surface area (TPSA) is 64.3 Å². The predicted molar refractivity (Wildman–Crippen MR) is 64.9 cm³/mol. The smallest absolute Gasteiger partial charge is 0.257 e. The molecular weight excluding hydrogens is 240 g/mol. The van der Waals surface area contributed by atoms with E-state index in [-0.39, 0.29) is 29.7 Å². The average molecular weight is 253 g/mol. The minimum Gasteiger partial charge on any atom is -0.507 e. The molecule has 0 aromatic heterocycles. The van der Waals surface area contributed by atoms with Gasteiger partial charge in [0.1, 0.15) is 5.75 Å². The van der Waals surface area contributed by atoms with Crippen LogP contribution >= 0.6 is 11.6 Å². The number of hydrogen-bond acceptors (Lipinski definition) is 3. The van der Waals surface area contributed by atoms with E-state index in [9.17, 15) is 9.90 Å². The fourth-order valence-corrected chi connectivity index (χ4v) is 1.51. The SMILES string of the molecule is CC(CC#N)N(C)C(=O)c1ccc(Cl)cc1O. The van der Waals surface area contributed by atoms with Gasteiger partial charge in [0.15, 0.2) is 0 Å². The van der Waals surface area contributed by atoms with Crippen molar-refractivity contribution in [3.8, 4) is 11.8 Å². The Morgan fingerprint density at radius 3 is 2.82 bits per heavy atom. The zero-order valence-corrected chi connectivity index (χ0v) is 10.4. The maximum atomic E-state index is 12.0. The number of halogens is 1. The number of nitrogens with zero attached hydrogens (tertiary/aromatic N) is 2. The molecule has 0 saturated heterocycles. The molecule has 90 valence electrons. The lowest BCUT2D eigenvalue weighted by molar-refractivity contribution is 0.0743. The summed E-state index contributed by atoms with van der Waals surface area (Å²) < 4.78 is 0. The first-order valence-electron chi connectivity index (χ1n) is 5.10. The first-order valence-corrected chi connectivity index (χ1v) is 5.47. The molecule has 1 aromatic rings. The summed E-state index contributed by atoms with van der Waals surface area (Å²) in [7, 11) is 1.60. The first-order chi connectivity index (χ1) is 7.97. The van der Waals surface area contributed by atoms with Crippen molar-refractivity contribution in [1.82, 2.24) is 4.90 Å². The highest BCUT2D eigenvalue weighted by Crippen LogP contribution is 2.23. The third kappa shape index (κ3) is 3.11. The lowest BCUT2D eigenvalue weighted by Crippen LogP contribution is -2.34. The van der Waals surface area contributed by atoms with Gasteiger partial charge >= 0.3 is 0 Å². The van der Waals surface area contributed by atoms with Crippen LogP contribution in [0.5, 0.6) is 5.75 Å². The second-order valence-corrected chi connectivity index (χ2v) is 4.23. The molecule has 5 heteroatoms. The molecule has 1 amide bonds. The number of hydrogen-bond donors (Lipinski definition) is 1. The van der Waals surface area contributed by atoms with Crippen molar-refractivity contribution in [2.24, 2.45) is 0 Å². The van der Waals surface area contributed by atoms with Crippen LogP contribution in [0.15, 0.2) is 18.2 Å². The number of rotatable bonds is 3. The maximum absolute atomic E-state index is 12.0. The van der Waals surface area contributed by atoms with Gasteiger partial charge in [-0.15, -0.1) is 0 Å². The molecule has 0 bridgehead atoms. The molecule has 4 nitrogen and oxygen atoms in total. The molecule has 0 aliphatic rings. The summed E-state index contributed by atoms with van der Waals surface area (Å²) in [5.41, 5.74) is 0.182. The van der Waals surface area contributed by atoms with Gasteiger partial charge in [0.25, 0.3) is 5.91 Å². The Hall–Kier alpha value is -1.73. The first kappa shape index (κ1) is 13.3. The van der Waals surface area contributed by atoms with Crippen LogP contribution in [0.2, 0.25) is 5.02 Å². The molecule has 0 saturated carbocycles. The third-order valence-corrected chi connectivity index (χ3v) is 2.79. The Kier molecular flexibility index (Phi) is 4.36. The van der Waals surface area contributed by atoms with Gasteiger partial charge in [-0.2, -0.15) is 5.26 Å². The summed E-state index contributed by atoms with van der Waals surface area (Å²) >= 11 is 5.69. The van der Waals surface area contributed by atoms with Crippen LogP contribution < -0.4 is 0 Å². The zero-order valence-electron chi connectivity index (χ0n) is 9.64. The van der Waals surface area contributed by atoms with E-state index in [0.717, 1.165) is 0 Å².